The van der Waals surface area contributed by atoms with Gasteiger partial charge in [-0.05, 0) is 32.0 Å². The van der Waals surface area contributed by atoms with Crippen molar-refractivity contribution in [1.82, 2.24) is 25.2 Å². The Balaban J connectivity index is 1.59. The summed E-state index contributed by atoms with van der Waals surface area (Å²) in [7, 11) is 1.71. The number of carbonyl (C=O) groups excluding carboxylic acids is 1. The van der Waals surface area contributed by atoms with Crippen LogP contribution in [0.5, 0.6) is 0 Å². The molecule has 0 aliphatic rings. The highest BCUT2D eigenvalue weighted by atomic mass is 16.5. The summed E-state index contributed by atoms with van der Waals surface area (Å²) in [6.07, 6.45) is 3.41. The number of aromatic nitrogens is 4. The quantitative estimate of drug-likeness (QED) is 0.549. The Morgan fingerprint density at radius 2 is 2.04 bits per heavy atom. The summed E-state index contributed by atoms with van der Waals surface area (Å²) in [4.78, 5) is 22.9. The predicted octanol–water partition coefficient (Wildman–Crippen LogP) is 3.16. The van der Waals surface area contributed by atoms with E-state index in [9.17, 15) is 4.79 Å². The summed E-state index contributed by atoms with van der Waals surface area (Å²) in [5.74, 6) is 0.407. The van der Waals surface area contributed by atoms with Gasteiger partial charge in [0.25, 0.3) is 11.6 Å². The summed E-state index contributed by atoms with van der Waals surface area (Å²) in [6.45, 7) is 3.88. The molecule has 0 aromatic carbocycles. The minimum atomic E-state index is -0.170. The minimum Gasteiger partial charge on any atom is -0.359 e. The zero-order chi connectivity index (χ0) is 19.0. The second-order valence-corrected chi connectivity index (χ2v) is 6.34. The Labute approximate surface area is 154 Å². The molecule has 0 saturated heterocycles. The third-order valence-corrected chi connectivity index (χ3v) is 4.23. The van der Waals surface area contributed by atoms with Gasteiger partial charge in [0.05, 0.1) is 23.2 Å². The van der Waals surface area contributed by atoms with Gasteiger partial charge >= 0.3 is 0 Å². The minimum absolute atomic E-state index is 0.170. The standard InChI is InChI=1S/C19H17N5O3/c1-11-7-15(17-12(2)22-27-18(17)21-11)19(25)24(3)10-14-8-16(23-26-14)13-5-4-6-20-9-13/h4-9H,10H2,1-3H3. The van der Waals surface area contributed by atoms with Gasteiger partial charge in [-0.1, -0.05) is 10.3 Å². The van der Waals surface area contributed by atoms with Gasteiger partial charge in [-0.25, -0.2) is 4.98 Å². The first-order chi connectivity index (χ1) is 13.0. The number of pyridine rings is 2. The SMILES string of the molecule is Cc1cc(C(=O)N(C)Cc2cc(-c3cccnc3)no2)c2c(C)noc2n1. The molecule has 1 amide bonds. The van der Waals surface area contributed by atoms with E-state index in [1.54, 1.807) is 43.4 Å². The van der Waals surface area contributed by atoms with Gasteiger partial charge in [0, 0.05) is 36.8 Å². The van der Waals surface area contributed by atoms with Crippen molar-refractivity contribution in [2.24, 2.45) is 0 Å². The van der Waals surface area contributed by atoms with Crippen LogP contribution >= 0.6 is 0 Å². The number of rotatable bonds is 4. The van der Waals surface area contributed by atoms with E-state index in [1.165, 1.54) is 0 Å². The summed E-state index contributed by atoms with van der Waals surface area (Å²) in [5, 5.41) is 8.60. The van der Waals surface area contributed by atoms with Crippen LogP contribution in [0.25, 0.3) is 22.4 Å². The summed E-state index contributed by atoms with van der Waals surface area (Å²) in [6, 6.07) is 7.28. The van der Waals surface area contributed by atoms with E-state index in [0.29, 0.717) is 39.5 Å². The van der Waals surface area contributed by atoms with Crippen LogP contribution in [0.4, 0.5) is 0 Å². The van der Waals surface area contributed by atoms with Crippen LogP contribution in [0.3, 0.4) is 0 Å². The maximum absolute atomic E-state index is 13.0. The zero-order valence-electron chi connectivity index (χ0n) is 15.1. The normalized spacial score (nSPS) is 11.1. The van der Waals surface area contributed by atoms with Crippen molar-refractivity contribution >= 4 is 17.0 Å². The van der Waals surface area contributed by atoms with Gasteiger partial charge < -0.3 is 13.9 Å². The molecule has 0 saturated carbocycles. The molecule has 4 aromatic heterocycles. The third-order valence-electron chi connectivity index (χ3n) is 4.23. The lowest BCUT2D eigenvalue weighted by Gasteiger charge is -2.16. The first-order valence-electron chi connectivity index (χ1n) is 8.38. The summed E-state index contributed by atoms with van der Waals surface area (Å²) in [5.41, 5.74) is 3.72. The molecule has 27 heavy (non-hydrogen) atoms. The van der Waals surface area contributed by atoms with Crippen molar-refractivity contribution in [2.45, 2.75) is 20.4 Å². The Hall–Kier alpha value is -3.55. The Morgan fingerprint density at radius 1 is 1.19 bits per heavy atom. The molecule has 136 valence electrons. The second kappa shape index (κ2) is 6.64. The summed E-state index contributed by atoms with van der Waals surface area (Å²) >= 11 is 0. The topological polar surface area (TPSA) is 98.2 Å². The van der Waals surface area contributed by atoms with Crippen LogP contribution in [0.1, 0.15) is 27.5 Å². The third kappa shape index (κ3) is 3.17. The van der Waals surface area contributed by atoms with Crippen LogP contribution in [0, 0.1) is 13.8 Å². The van der Waals surface area contributed by atoms with Crippen LogP contribution in [-0.4, -0.2) is 38.1 Å². The highest BCUT2D eigenvalue weighted by Crippen LogP contribution is 2.24. The van der Waals surface area contributed by atoms with Crippen molar-refractivity contribution < 1.29 is 13.8 Å². The molecule has 0 aliphatic carbocycles. The molecule has 0 fully saturated rings. The van der Waals surface area contributed by atoms with Crippen molar-refractivity contribution in [3.05, 3.63) is 59.4 Å². The van der Waals surface area contributed by atoms with E-state index in [0.717, 1.165) is 5.56 Å². The predicted molar refractivity (Wildman–Crippen MR) is 96.8 cm³/mol. The first-order valence-corrected chi connectivity index (χ1v) is 8.38. The van der Waals surface area contributed by atoms with Crippen LogP contribution in [0.2, 0.25) is 0 Å². The van der Waals surface area contributed by atoms with E-state index in [2.05, 4.69) is 20.3 Å². The first kappa shape index (κ1) is 16.9. The van der Waals surface area contributed by atoms with Crippen LogP contribution in [0.15, 0.2) is 45.7 Å². The molecule has 0 bridgehead atoms. The van der Waals surface area contributed by atoms with Gasteiger partial charge in [-0.3, -0.25) is 9.78 Å². The molecule has 4 heterocycles. The number of nitrogens with zero attached hydrogens (tertiary/aromatic N) is 5. The zero-order valence-corrected chi connectivity index (χ0v) is 15.1. The highest BCUT2D eigenvalue weighted by molar-refractivity contribution is 6.05. The number of fused-ring (bicyclic) bond motifs is 1. The number of hydrogen-bond donors (Lipinski definition) is 0. The Morgan fingerprint density at radius 3 is 2.81 bits per heavy atom. The molecule has 0 radical (unpaired) electrons. The lowest BCUT2D eigenvalue weighted by atomic mass is 10.1. The second-order valence-electron chi connectivity index (χ2n) is 6.34. The van der Waals surface area contributed by atoms with E-state index >= 15 is 0 Å². The average molecular weight is 363 g/mol. The molecule has 0 unspecified atom stereocenters. The molecule has 8 nitrogen and oxygen atoms in total. The maximum atomic E-state index is 13.0. The molecule has 0 N–H and O–H groups in total. The molecule has 4 aromatic rings. The van der Waals surface area contributed by atoms with Crippen molar-refractivity contribution in [3.8, 4) is 11.3 Å². The van der Waals surface area contributed by atoms with Gasteiger partial charge in [0.2, 0.25) is 0 Å². The lowest BCUT2D eigenvalue weighted by molar-refractivity contribution is 0.0774. The lowest BCUT2D eigenvalue weighted by Crippen LogP contribution is -2.26. The molecule has 8 heteroatoms. The number of aryl methyl sites for hydroxylation is 2. The van der Waals surface area contributed by atoms with Crippen LogP contribution < -0.4 is 0 Å². The molecular formula is C19H17N5O3. The molecule has 4 rings (SSSR count). The van der Waals surface area contributed by atoms with E-state index in [-0.39, 0.29) is 12.5 Å². The Kier molecular flexibility index (Phi) is 4.15. The number of carbonyl (C=O) groups is 1. The van der Waals surface area contributed by atoms with Gasteiger partial charge in [0.15, 0.2) is 5.76 Å². The number of amides is 1. The Bertz CT molecular complexity index is 1120. The smallest absolute Gasteiger partial charge is 0.258 e. The fraction of sp³-hybridized carbons (Fsp3) is 0.211. The number of hydrogen-bond acceptors (Lipinski definition) is 7. The van der Waals surface area contributed by atoms with Crippen molar-refractivity contribution in [1.29, 1.82) is 0 Å². The van der Waals surface area contributed by atoms with Gasteiger partial charge in [-0.15, -0.1) is 0 Å². The maximum Gasteiger partial charge on any atom is 0.258 e. The van der Waals surface area contributed by atoms with E-state index < -0.39 is 0 Å². The monoisotopic (exact) mass is 363 g/mol. The van der Waals surface area contributed by atoms with Crippen molar-refractivity contribution in [3.63, 3.8) is 0 Å². The fourth-order valence-electron chi connectivity index (χ4n) is 2.94. The van der Waals surface area contributed by atoms with E-state index in [1.807, 2.05) is 19.1 Å². The molecule has 0 aliphatic heterocycles. The van der Waals surface area contributed by atoms with Crippen LogP contribution in [-0.2, 0) is 6.54 Å². The van der Waals surface area contributed by atoms with Gasteiger partial charge in [-0.2, -0.15) is 0 Å². The average Bonchev–Trinajstić information content (AvgIpc) is 3.28. The molecule has 0 atom stereocenters. The molecule has 0 spiro atoms. The largest absolute Gasteiger partial charge is 0.359 e. The van der Waals surface area contributed by atoms with E-state index in [4.69, 9.17) is 9.05 Å². The summed E-state index contributed by atoms with van der Waals surface area (Å²) < 4.78 is 10.6. The molecular weight excluding hydrogens is 346 g/mol. The van der Waals surface area contributed by atoms with Gasteiger partial charge in [0.1, 0.15) is 5.69 Å². The highest BCUT2D eigenvalue weighted by Gasteiger charge is 2.21. The fourth-order valence-corrected chi connectivity index (χ4v) is 2.94. The van der Waals surface area contributed by atoms with Crippen molar-refractivity contribution in [2.75, 3.05) is 7.05 Å².